The Hall–Kier alpha value is -1.16. The average Bonchev–Trinajstić information content (AvgIpc) is 2.30. The average molecular weight is 168 g/mol. The Morgan fingerprint density at radius 2 is 2.50 bits per heavy atom. The summed E-state index contributed by atoms with van der Waals surface area (Å²) < 4.78 is 18.3. The van der Waals surface area contributed by atoms with Gasteiger partial charge in [-0.25, -0.2) is 4.98 Å². The first kappa shape index (κ1) is 7.49. The van der Waals surface area contributed by atoms with Gasteiger partial charge in [-0.2, -0.15) is 4.39 Å². The van der Waals surface area contributed by atoms with Crippen LogP contribution >= 0.6 is 0 Å². The lowest BCUT2D eigenvalue weighted by molar-refractivity contribution is 0.324. The van der Waals surface area contributed by atoms with Crippen LogP contribution in [0.1, 0.15) is 5.56 Å². The van der Waals surface area contributed by atoms with E-state index in [0.29, 0.717) is 24.5 Å². The molecule has 12 heavy (non-hydrogen) atoms. The van der Waals surface area contributed by atoms with Crippen molar-refractivity contribution in [3.05, 3.63) is 23.8 Å². The van der Waals surface area contributed by atoms with Crippen molar-refractivity contribution in [2.45, 2.75) is 6.54 Å². The molecule has 3 nitrogen and oxygen atoms in total. The summed E-state index contributed by atoms with van der Waals surface area (Å²) in [5.74, 6) is 0.161. The van der Waals surface area contributed by atoms with Crippen LogP contribution in [0.2, 0.25) is 0 Å². The number of nitrogens with one attached hydrogen (secondary N) is 1. The minimum Gasteiger partial charge on any atom is -0.492 e. The third-order valence-corrected chi connectivity index (χ3v) is 1.80. The molecule has 0 fully saturated rings. The molecule has 64 valence electrons. The predicted molar refractivity (Wildman–Crippen MR) is 41.4 cm³/mol. The Kier molecular flexibility index (Phi) is 1.91. The van der Waals surface area contributed by atoms with Gasteiger partial charge in [-0.1, -0.05) is 0 Å². The molecule has 2 rings (SSSR count). The standard InChI is InChI=1S/C8H9FN2O/c9-8-6-5-10-3-4-12-7(6)1-2-11-8/h1-2,10H,3-5H2. The van der Waals surface area contributed by atoms with Crippen molar-refractivity contribution in [3.8, 4) is 5.75 Å². The van der Waals surface area contributed by atoms with E-state index in [1.165, 1.54) is 6.20 Å². The van der Waals surface area contributed by atoms with E-state index in [4.69, 9.17) is 4.74 Å². The van der Waals surface area contributed by atoms with E-state index in [1.807, 2.05) is 0 Å². The maximum Gasteiger partial charge on any atom is 0.221 e. The quantitative estimate of drug-likeness (QED) is 0.579. The molecule has 1 aromatic rings. The van der Waals surface area contributed by atoms with Gasteiger partial charge in [0.25, 0.3) is 0 Å². The summed E-state index contributed by atoms with van der Waals surface area (Å²) in [5, 5.41) is 3.04. The second-order valence-corrected chi connectivity index (χ2v) is 2.60. The van der Waals surface area contributed by atoms with Gasteiger partial charge >= 0.3 is 0 Å². The first-order valence-corrected chi connectivity index (χ1v) is 3.85. The van der Waals surface area contributed by atoms with Gasteiger partial charge in [0.15, 0.2) is 0 Å². The summed E-state index contributed by atoms with van der Waals surface area (Å²) in [6.45, 7) is 1.82. The highest BCUT2D eigenvalue weighted by molar-refractivity contribution is 5.31. The lowest BCUT2D eigenvalue weighted by Gasteiger charge is -2.04. The zero-order valence-electron chi connectivity index (χ0n) is 6.51. The lowest BCUT2D eigenvalue weighted by atomic mass is 10.2. The Morgan fingerprint density at radius 3 is 3.42 bits per heavy atom. The molecule has 2 heterocycles. The molecule has 1 aliphatic rings. The predicted octanol–water partition coefficient (Wildman–Crippen LogP) is 0.703. The van der Waals surface area contributed by atoms with Crippen molar-refractivity contribution in [1.82, 2.24) is 10.3 Å². The molecule has 0 atom stereocenters. The SMILES string of the molecule is Fc1nccc2c1CNCCO2. The van der Waals surface area contributed by atoms with Crippen LogP contribution in [0, 0.1) is 5.95 Å². The second-order valence-electron chi connectivity index (χ2n) is 2.60. The number of rotatable bonds is 0. The molecule has 0 unspecified atom stereocenters. The van der Waals surface area contributed by atoms with Gasteiger partial charge in [-0.05, 0) is 6.07 Å². The van der Waals surface area contributed by atoms with Gasteiger partial charge in [0.2, 0.25) is 5.95 Å². The molecule has 0 aromatic carbocycles. The van der Waals surface area contributed by atoms with Crippen LogP contribution in [0.25, 0.3) is 0 Å². The van der Waals surface area contributed by atoms with Crippen molar-refractivity contribution in [3.63, 3.8) is 0 Å². The number of hydrogen-bond acceptors (Lipinski definition) is 3. The van der Waals surface area contributed by atoms with Crippen LogP contribution in [0.5, 0.6) is 5.75 Å². The molecule has 0 radical (unpaired) electrons. The summed E-state index contributed by atoms with van der Waals surface area (Å²) in [6.07, 6.45) is 1.42. The van der Waals surface area contributed by atoms with Gasteiger partial charge in [0, 0.05) is 19.3 Å². The van der Waals surface area contributed by atoms with Gasteiger partial charge < -0.3 is 10.1 Å². The molecule has 4 heteroatoms. The van der Waals surface area contributed by atoms with Gasteiger partial charge in [-0.3, -0.25) is 0 Å². The van der Waals surface area contributed by atoms with Crippen molar-refractivity contribution >= 4 is 0 Å². The second kappa shape index (κ2) is 3.06. The van der Waals surface area contributed by atoms with E-state index in [0.717, 1.165) is 6.54 Å². The highest BCUT2D eigenvalue weighted by Crippen LogP contribution is 2.20. The van der Waals surface area contributed by atoms with Crippen molar-refractivity contribution in [1.29, 1.82) is 0 Å². The van der Waals surface area contributed by atoms with Crippen LogP contribution in [0.4, 0.5) is 4.39 Å². The third-order valence-electron chi connectivity index (χ3n) is 1.80. The van der Waals surface area contributed by atoms with Crippen LogP contribution in [-0.2, 0) is 6.54 Å². The van der Waals surface area contributed by atoms with Crippen molar-refractivity contribution in [2.75, 3.05) is 13.2 Å². The highest BCUT2D eigenvalue weighted by Gasteiger charge is 2.12. The van der Waals surface area contributed by atoms with Crippen LogP contribution in [-0.4, -0.2) is 18.1 Å². The molecule has 0 saturated heterocycles. The number of nitrogens with zero attached hydrogens (tertiary/aromatic N) is 1. The monoisotopic (exact) mass is 168 g/mol. The van der Waals surface area contributed by atoms with Crippen LogP contribution in [0.15, 0.2) is 12.3 Å². The third kappa shape index (κ3) is 1.25. The van der Waals surface area contributed by atoms with E-state index in [2.05, 4.69) is 10.3 Å². The number of pyridine rings is 1. The molecule has 0 amide bonds. The maximum absolute atomic E-state index is 13.0. The van der Waals surface area contributed by atoms with Gasteiger partial charge in [0.05, 0.1) is 5.56 Å². The number of hydrogen-bond donors (Lipinski definition) is 1. The zero-order chi connectivity index (χ0) is 8.39. The zero-order valence-corrected chi connectivity index (χ0v) is 6.51. The minimum absolute atomic E-state index is 0.443. The smallest absolute Gasteiger partial charge is 0.221 e. The molecule has 1 N–H and O–H groups in total. The van der Waals surface area contributed by atoms with Crippen LogP contribution < -0.4 is 10.1 Å². The number of aromatic nitrogens is 1. The fourth-order valence-electron chi connectivity index (χ4n) is 1.19. The maximum atomic E-state index is 13.0. The fraction of sp³-hybridized carbons (Fsp3) is 0.375. The summed E-state index contributed by atoms with van der Waals surface area (Å²) in [5.41, 5.74) is 0.523. The Labute approximate surface area is 69.6 Å². The minimum atomic E-state index is -0.443. The van der Waals surface area contributed by atoms with E-state index in [1.54, 1.807) is 6.07 Å². The van der Waals surface area contributed by atoms with Gasteiger partial charge in [0.1, 0.15) is 12.4 Å². The molecule has 0 bridgehead atoms. The van der Waals surface area contributed by atoms with E-state index in [-0.39, 0.29) is 0 Å². The summed E-state index contributed by atoms with van der Waals surface area (Å²) in [6, 6.07) is 1.69. The Morgan fingerprint density at radius 1 is 1.58 bits per heavy atom. The molecule has 0 spiro atoms. The van der Waals surface area contributed by atoms with E-state index >= 15 is 0 Å². The first-order valence-electron chi connectivity index (χ1n) is 3.85. The van der Waals surface area contributed by atoms with E-state index < -0.39 is 5.95 Å². The van der Waals surface area contributed by atoms with E-state index in [9.17, 15) is 4.39 Å². The topological polar surface area (TPSA) is 34.2 Å². The van der Waals surface area contributed by atoms with Crippen molar-refractivity contribution in [2.24, 2.45) is 0 Å². The Balaban J connectivity index is 2.42. The number of fused-ring (bicyclic) bond motifs is 1. The fourth-order valence-corrected chi connectivity index (χ4v) is 1.19. The molecule has 0 saturated carbocycles. The molecule has 1 aromatic heterocycles. The van der Waals surface area contributed by atoms with Crippen LogP contribution in [0.3, 0.4) is 0 Å². The highest BCUT2D eigenvalue weighted by atomic mass is 19.1. The summed E-state index contributed by atoms with van der Waals surface area (Å²) in [4.78, 5) is 3.55. The lowest BCUT2D eigenvalue weighted by Crippen LogP contribution is -2.16. The summed E-state index contributed by atoms with van der Waals surface area (Å²) in [7, 11) is 0. The largest absolute Gasteiger partial charge is 0.492 e. The first-order chi connectivity index (χ1) is 5.88. The Bertz CT molecular complexity index is 290. The number of halogens is 1. The number of ether oxygens (including phenoxy) is 1. The molecular formula is C8H9FN2O. The normalized spacial score (nSPS) is 16.1. The molecular weight excluding hydrogens is 159 g/mol. The van der Waals surface area contributed by atoms with Crippen molar-refractivity contribution < 1.29 is 9.13 Å². The summed E-state index contributed by atoms with van der Waals surface area (Å²) >= 11 is 0. The van der Waals surface area contributed by atoms with Gasteiger partial charge in [-0.15, -0.1) is 0 Å². The molecule has 0 aliphatic carbocycles. The molecule has 1 aliphatic heterocycles.